The van der Waals surface area contributed by atoms with E-state index < -0.39 is 0 Å². The molecular formula is C24H36O2. The maximum absolute atomic E-state index is 9.85. The van der Waals surface area contributed by atoms with Gasteiger partial charge < -0.3 is 10.2 Å². The lowest BCUT2D eigenvalue weighted by molar-refractivity contribution is 0.423. The van der Waals surface area contributed by atoms with Crippen molar-refractivity contribution in [3.8, 4) is 11.5 Å². The van der Waals surface area contributed by atoms with Gasteiger partial charge in [0, 0.05) is 5.41 Å². The van der Waals surface area contributed by atoms with Crippen molar-refractivity contribution in [2.24, 2.45) is 0 Å². The van der Waals surface area contributed by atoms with Gasteiger partial charge in [0.1, 0.15) is 11.5 Å². The molecule has 0 radical (unpaired) electrons. The van der Waals surface area contributed by atoms with Crippen molar-refractivity contribution in [1.82, 2.24) is 0 Å². The van der Waals surface area contributed by atoms with Gasteiger partial charge in [-0.15, -0.1) is 0 Å². The normalized spacial score (nSPS) is 19.5. The van der Waals surface area contributed by atoms with Crippen molar-refractivity contribution in [3.63, 3.8) is 0 Å². The number of fused-ring (bicyclic) bond motifs is 1. The summed E-state index contributed by atoms with van der Waals surface area (Å²) in [6, 6.07) is 13.1. The highest BCUT2D eigenvalue weighted by molar-refractivity contribution is 5.54. The van der Waals surface area contributed by atoms with Gasteiger partial charge in [-0.1, -0.05) is 79.5 Å². The minimum Gasteiger partial charge on any atom is -0.508 e. The Morgan fingerprint density at radius 3 is 1.69 bits per heavy atom. The van der Waals surface area contributed by atoms with Crippen molar-refractivity contribution in [1.29, 1.82) is 0 Å². The highest BCUT2D eigenvalue weighted by Gasteiger charge is 2.45. The Hall–Kier alpha value is -1.96. The van der Waals surface area contributed by atoms with Crippen molar-refractivity contribution in [2.75, 3.05) is 0 Å². The quantitative estimate of drug-likeness (QED) is 0.582. The van der Waals surface area contributed by atoms with E-state index in [1.807, 2.05) is 24.3 Å². The highest BCUT2D eigenvalue weighted by Crippen LogP contribution is 2.53. The summed E-state index contributed by atoms with van der Waals surface area (Å²) in [6.45, 7) is 15.2. The number of phenolic OH excluding ortho intramolecular Hbond substituents is 2. The molecule has 0 spiro atoms. The van der Waals surface area contributed by atoms with E-state index in [-0.39, 0.29) is 16.6 Å². The third-order valence-electron chi connectivity index (χ3n) is 4.63. The molecule has 2 aromatic rings. The van der Waals surface area contributed by atoms with E-state index >= 15 is 0 Å². The number of aromatic hydroxyl groups is 2. The molecule has 1 aliphatic carbocycles. The monoisotopic (exact) mass is 356 g/mol. The predicted molar refractivity (Wildman–Crippen MR) is 112 cm³/mol. The first kappa shape index (κ1) is 22.1. The smallest absolute Gasteiger partial charge is 0.115 e. The summed E-state index contributed by atoms with van der Waals surface area (Å²) >= 11 is 0. The zero-order valence-corrected chi connectivity index (χ0v) is 17.6. The Kier molecular flexibility index (Phi) is 7.74. The second-order valence-electron chi connectivity index (χ2n) is 8.08. The van der Waals surface area contributed by atoms with Crippen LogP contribution in [-0.4, -0.2) is 10.2 Å². The summed E-state index contributed by atoms with van der Waals surface area (Å²) in [4.78, 5) is 0. The molecule has 1 aliphatic rings. The Bertz CT molecular complexity index is 684. The van der Waals surface area contributed by atoms with Crippen LogP contribution in [0.15, 0.2) is 42.5 Å². The van der Waals surface area contributed by atoms with Crippen LogP contribution < -0.4 is 0 Å². The molecule has 0 saturated carbocycles. The van der Waals surface area contributed by atoms with Gasteiger partial charge in [0.2, 0.25) is 0 Å². The minimum absolute atomic E-state index is 0.0790. The Balaban J connectivity index is 0.000000499. The molecule has 0 aliphatic heterocycles. The first-order valence-electron chi connectivity index (χ1n) is 9.79. The highest BCUT2D eigenvalue weighted by atomic mass is 16.3. The average molecular weight is 357 g/mol. The van der Waals surface area contributed by atoms with Crippen LogP contribution in [0.3, 0.4) is 0 Å². The number of benzene rings is 2. The fraction of sp³-hybridized carbons (Fsp3) is 0.500. The van der Waals surface area contributed by atoms with Crippen LogP contribution in [0, 0.1) is 0 Å². The largest absolute Gasteiger partial charge is 0.508 e. The lowest BCUT2D eigenvalue weighted by Gasteiger charge is -2.28. The number of hydrogen-bond donors (Lipinski definition) is 2. The average Bonchev–Trinajstić information content (AvgIpc) is 2.76. The van der Waals surface area contributed by atoms with Crippen LogP contribution in [0.2, 0.25) is 0 Å². The molecule has 2 nitrogen and oxygen atoms in total. The van der Waals surface area contributed by atoms with Crippen LogP contribution in [0.1, 0.15) is 84.4 Å². The molecule has 0 fully saturated rings. The Morgan fingerprint density at radius 2 is 1.19 bits per heavy atom. The molecule has 26 heavy (non-hydrogen) atoms. The third kappa shape index (κ3) is 4.81. The van der Waals surface area contributed by atoms with E-state index in [0.29, 0.717) is 5.75 Å². The SMILES string of the molecule is CC1(C)CC(C)(c2ccc(O)cc2)c2cc(O)ccc21.CCC.CCC. The molecule has 3 rings (SSSR count). The van der Waals surface area contributed by atoms with Crippen molar-refractivity contribution < 1.29 is 10.2 Å². The van der Waals surface area contributed by atoms with E-state index in [4.69, 9.17) is 0 Å². The minimum atomic E-state index is -0.134. The first-order chi connectivity index (χ1) is 12.2. The summed E-state index contributed by atoms with van der Waals surface area (Å²) < 4.78 is 0. The number of hydrogen-bond acceptors (Lipinski definition) is 2. The first-order valence-corrected chi connectivity index (χ1v) is 9.79. The summed E-state index contributed by atoms with van der Waals surface area (Å²) in [5.74, 6) is 0.595. The van der Waals surface area contributed by atoms with Gasteiger partial charge in [-0.25, -0.2) is 0 Å². The second-order valence-corrected chi connectivity index (χ2v) is 8.08. The molecule has 2 heteroatoms. The number of rotatable bonds is 1. The van der Waals surface area contributed by atoms with E-state index in [0.717, 1.165) is 6.42 Å². The summed E-state index contributed by atoms with van der Waals surface area (Å²) in [7, 11) is 0. The van der Waals surface area contributed by atoms with Crippen LogP contribution >= 0.6 is 0 Å². The Labute approximate surface area is 159 Å². The molecule has 0 amide bonds. The molecule has 2 aromatic carbocycles. The number of phenols is 2. The maximum atomic E-state index is 9.85. The van der Waals surface area contributed by atoms with Gasteiger partial charge >= 0.3 is 0 Å². The lowest BCUT2D eigenvalue weighted by Crippen LogP contribution is -2.23. The molecule has 1 unspecified atom stereocenters. The fourth-order valence-corrected chi connectivity index (χ4v) is 3.74. The van der Waals surface area contributed by atoms with Crippen LogP contribution in [0.4, 0.5) is 0 Å². The predicted octanol–water partition coefficient (Wildman–Crippen LogP) is 6.92. The maximum Gasteiger partial charge on any atom is 0.115 e. The van der Waals surface area contributed by atoms with E-state index in [2.05, 4.69) is 48.5 Å². The van der Waals surface area contributed by atoms with E-state index in [9.17, 15) is 10.2 Å². The van der Waals surface area contributed by atoms with Crippen LogP contribution in [0.25, 0.3) is 0 Å². The second kappa shape index (κ2) is 9.12. The topological polar surface area (TPSA) is 40.5 Å². The van der Waals surface area contributed by atoms with E-state index in [1.165, 1.54) is 29.5 Å². The zero-order chi connectivity index (χ0) is 20.0. The van der Waals surface area contributed by atoms with Gasteiger partial charge in [0.15, 0.2) is 0 Å². The fourth-order valence-electron chi connectivity index (χ4n) is 3.74. The molecule has 0 heterocycles. The van der Waals surface area contributed by atoms with Gasteiger partial charge in [-0.2, -0.15) is 0 Å². The molecule has 1 atom stereocenters. The van der Waals surface area contributed by atoms with Gasteiger partial charge in [0.05, 0.1) is 0 Å². The molecule has 2 N–H and O–H groups in total. The van der Waals surface area contributed by atoms with Crippen molar-refractivity contribution in [2.45, 2.75) is 78.6 Å². The molecule has 0 saturated heterocycles. The Morgan fingerprint density at radius 1 is 0.731 bits per heavy atom. The third-order valence-corrected chi connectivity index (χ3v) is 4.63. The van der Waals surface area contributed by atoms with E-state index in [1.54, 1.807) is 18.2 Å². The van der Waals surface area contributed by atoms with Gasteiger partial charge in [0.25, 0.3) is 0 Å². The van der Waals surface area contributed by atoms with Crippen molar-refractivity contribution in [3.05, 3.63) is 59.2 Å². The van der Waals surface area contributed by atoms with Crippen LogP contribution in [-0.2, 0) is 10.8 Å². The van der Waals surface area contributed by atoms with Gasteiger partial charge in [-0.05, 0) is 52.8 Å². The van der Waals surface area contributed by atoms with Crippen LogP contribution in [0.5, 0.6) is 11.5 Å². The standard InChI is InChI=1S/C18H20O2.2C3H8/c1-17(2)11-18(3,12-4-6-13(19)7-5-12)16-10-14(20)8-9-15(16)17;2*1-3-2/h4-10,19-20H,11H2,1-3H3;2*3H2,1-2H3. The summed E-state index contributed by atoms with van der Waals surface area (Å²) in [5.41, 5.74) is 3.60. The molecule has 0 bridgehead atoms. The van der Waals surface area contributed by atoms with Crippen molar-refractivity contribution >= 4 is 0 Å². The molecule has 0 aromatic heterocycles. The lowest BCUT2D eigenvalue weighted by atomic mass is 9.75. The summed E-state index contributed by atoms with van der Waals surface area (Å²) in [5, 5.41) is 19.3. The summed E-state index contributed by atoms with van der Waals surface area (Å²) in [6.07, 6.45) is 3.49. The zero-order valence-electron chi connectivity index (χ0n) is 17.6. The molecule has 144 valence electrons. The van der Waals surface area contributed by atoms with Gasteiger partial charge in [-0.3, -0.25) is 0 Å². The molecular weight excluding hydrogens is 320 g/mol.